The number of carbonyl (C=O) groups excluding carboxylic acids is 1. The minimum atomic E-state index is -0.389. The fraction of sp³-hybridized carbons (Fsp3) is 0.611. The van der Waals surface area contributed by atoms with Gasteiger partial charge in [-0.1, -0.05) is 0 Å². The van der Waals surface area contributed by atoms with Gasteiger partial charge in [0.25, 0.3) is 0 Å². The first kappa shape index (κ1) is 22.3. The van der Waals surface area contributed by atoms with Crippen molar-refractivity contribution in [2.24, 2.45) is 0 Å². The Morgan fingerprint density at radius 3 is 2.12 bits per heavy atom. The number of nitrogens with zero attached hydrogens (tertiary/aromatic N) is 1. The van der Waals surface area contributed by atoms with Crippen LogP contribution in [0.2, 0.25) is 0 Å². The molecule has 1 fully saturated rings. The molecule has 148 valence electrons. The zero-order chi connectivity index (χ0) is 18.4. The number of quaternary nitrogens is 1. The molecular weight excluding hydrogens is 360 g/mol. The van der Waals surface area contributed by atoms with Crippen LogP contribution in [-0.2, 0) is 4.74 Å². The van der Waals surface area contributed by atoms with Gasteiger partial charge in [-0.05, 0) is 26.1 Å². The molecule has 1 aromatic rings. The Hall–Kier alpha value is -1.70. The summed E-state index contributed by atoms with van der Waals surface area (Å²) in [6.45, 7) is 7.03. The first-order valence-corrected chi connectivity index (χ1v) is 8.51. The summed E-state index contributed by atoms with van der Waals surface area (Å²) in [6, 6.07) is 3.22. The third-order valence-electron chi connectivity index (χ3n) is 4.48. The molecule has 0 aliphatic carbocycles. The normalized spacial score (nSPS) is 16.3. The van der Waals surface area contributed by atoms with E-state index in [-0.39, 0.29) is 24.5 Å². The number of hydrogen-bond donors (Lipinski definition) is 1. The highest BCUT2D eigenvalue weighted by Crippen LogP contribution is 2.38. The summed E-state index contributed by atoms with van der Waals surface area (Å²) < 4.78 is 21.5. The molecule has 1 unspecified atom stereocenters. The molecule has 7 nitrogen and oxygen atoms in total. The van der Waals surface area contributed by atoms with Crippen molar-refractivity contribution in [1.29, 1.82) is 0 Å². The molecule has 1 atom stereocenters. The maximum absolute atomic E-state index is 12.5. The van der Waals surface area contributed by atoms with Crippen LogP contribution in [0.4, 0.5) is 0 Å². The van der Waals surface area contributed by atoms with Crippen molar-refractivity contribution >= 4 is 5.97 Å². The SMILES string of the molecule is COc1cc(C(=O)OC(C)C[NH+]2CCN(C)CC2)cc(OC)c1OC.[Cl-]. The monoisotopic (exact) mass is 388 g/mol. The van der Waals surface area contributed by atoms with E-state index in [0.29, 0.717) is 22.8 Å². The Morgan fingerprint density at radius 2 is 1.65 bits per heavy atom. The number of hydrogen-bond acceptors (Lipinski definition) is 6. The van der Waals surface area contributed by atoms with Gasteiger partial charge in [-0.3, -0.25) is 4.90 Å². The number of methoxy groups -OCH3 is 3. The summed E-state index contributed by atoms with van der Waals surface area (Å²) in [5, 5.41) is 0. The van der Waals surface area contributed by atoms with Crippen molar-refractivity contribution in [3.05, 3.63) is 17.7 Å². The molecule has 0 radical (unpaired) electrons. The lowest BCUT2D eigenvalue weighted by Crippen LogP contribution is -3.15. The molecule has 0 bridgehead atoms. The first-order chi connectivity index (χ1) is 12.0. The van der Waals surface area contributed by atoms with Crippen molar-refractivity contribution in [3.63, 3.8) is 0 Å². The summed E-state index contributed by atoms with van der Waals surface area (Å²) in [7, 11) is 6.70. The zero-order valence-corrected chi connectivity index (χ0v) is 16.9. The van der Waals surface area contributed by atoms with Crippen LogP contribution in [0.15, 0.2) is 12.1 Å². The molecule has 1 aromatic carbocycles. The fourth-order valence-electron chi connectivity index (χ4n) is 3.04. The lowest BCUT2D eigenvalue weighted by Gasteiger charge is -2.31. The van der Waals surface area contributed by atoms with Gasteiger partial charge in [-0.15, -0.1) is 0 Å². The second-order valence-electron chi connectivity index (χ2n) is 6.39. The standard InChI is InChI=1S/C18H28N2O5.ClH/c1-13(12-20-8-6-19(2)7-9-20)25-18(21)14-10-15(22-3)17(24-5)16(11-14)23-4;/h10-11,13H,6-9,12H2,1-5H3;1H. The summed E-state index contributed by atoms with van der Waals surface area (Å²) in [5.74, 6) is 0.939. The molecule has 1 saturated heterocycles. The van der Waals surface area contributed by atoms with Crippen LogP contribution in [0.5, 0.6) is 17.2 Å². The van der Waals surface area contributed by atoms with Crippen LogP contribution in [0.25, 0.3) is 0 Å². The number of likely N-dealkylation sites (N-methyl/N-ethyl adjacent to an activating group) is 1. The molecule has 2 rings (SSSR count). The third kappa shape index (κ3) is 5.65. The fourth-order valence-corrected chi connectivity index (χ4v) is 3.04. The van der Waals surface area contributed by atoms with E-state index >= 15 is 0 Å². The van der Waals surface area contributed by atoms with Crippen LogP contribution < -0.4 is 31.5 Å². The highest BCUT2D eigenvalue weighted by molar-refractivity contribution is 5.91. The molecule has 1 heterocycles. The predicted octanol–water partition coefficient (Wildman–Crippen LogP) is -2.91. The Labute approximate surface area is 161 Å². The van der Waals surface area contributed by atoms with Gasteiger partial charge in [0.1, 0.15) is 12.6 Å². The number of benzene rings is 1. The average Bonchev–Trinajstić information content (AvgIpc) is 2.62. The molecular formula is C18H29ClN2O5. The smallest absolute Gasteiger partial charge is 0.338 e. The highest BCUT2D eigenvalue weighted by atomic mass is 35.5. The summed E-state index contributed by atoms with van der Waals surface area (Å²) >= 11 is 0. The van der Waals surface area contributed by atoms with Gasteiger partial charge in [-0.2, -0.15) is 0 Å². The predicted molar refractivity (Wildman–Crippen MR) is 94.0 cm³/mol. The Bertz CT molecular complexity index is 566. The molecule has 0 aromatic heterocycles. The van der Waals surface area contributed by atoms with Gasteiger partial charge in [-0.25, -0.2) is 4.79 Å². The van der Waals surface area contributed by atoms with Crippen LogP contribution in [0.1, 0.15) is 17.3 Å². The van der Waals surface area contributed by atoms with Crippen molar-refractivity contribution in [2.75, 3.05) is 61.1 Å². The number of ether oxygens (including phenoxy) is 4. The van der Waals surface area contributed by atoms with E-state index in [1.807, 2.05) is 6.92 Å². The number of nitrogens with one attached hydrogen (secondary N) is 1. The number of piperazine rings is 1. The minimum Gasteiger partial charge on any atom is -1.00 e. The largest absolute Gasteiger partial charge is 1.00 e. The van der Waals surface area contributed by atoms with Gasteiger partial charge in [0.05, 0.1) is 40.0 Å². The van der Waals surface area contributed by atoms with E-state index < -0.39 is 0 Å². The van der Waals surface area contributed by atoms with Crippen molar-refractivity contribution in [3.8, 4) is 17.2 Å². The summed E-state index contributed by atoms with van der Waals surface area (Å²) in [6.07, 6.45) is -0.162. The maximum atomic E-state index is 12.5. The van der Waals surface area contributed by atoms with Gasteiger partial charge in [0.2, 0.25) is 5.75 Å². The summed E-state index contributed by atoms with van der Waals surface area (Å²) in [5.41, 5.74) is 0.384. The third-order valence-corrected chi connectivity index (χ3v) is 4.48. The van der Waals surface area contributed by atoms with Crippen LogP contribution >= 0.6 is 0 Å². The van der Waals surface area contributed by atoms with Crippen LogP contribution in [0, 0.1) is 0 Å². The number of esters is 1. The van der Waals surface area contributed by atoms with Crippen molar-refractivity contribution in [1.82, 2.24) is 4.90 Å². The van der Waals surface area contributed by atoms with Gasteiger partial charge in [0.15, 0.2) is 11.5 Å². The van der Waals surface area contributed by atoms with Gasteiger partial charge in [0, 0.05) is 13.1 Å². The van der Waals surface area contributed by atoms with E-state index in [2.05, 4.69) is 11.9 Å². The van der Waals surface area contributed by atoms with E-state index in [1.165, 1.54) is 26.2 Å². The number of halogens is 1. The number of carbonyl (C=O) groups is 1. The second kappa shape index (κ2) is 10.4. The second-order valence-corrected chi connectivity index (χ2v) is 6.39. The van der Waals surface area contributed by atoms with E-state index in [9.17, 15) is 4.79 Å². The Morgan fingerprint density at radius 1 is 1.12 bits per heavy atom. The van der Waals surface area contributed by atoms with Crippen LogP contribution in [0.3, 0.4) is 0 Å². The number of rotatable bonds is 7. The Balaban J connectivity index is 0.00000338. The molecule has 26 heavy (non-hydrogen) atoms. The molecule has 0 spiro atoms. The van der Waals surface area contributed by atoms with E-state index in [4.69, 9.17) is 18.9 Å². The molecule has 8 heteroatoms. The Kier molecular flexibility index (Phi) is 8.98. The molecule has 1 N–H and O–H groups in total. The summed E-state index contributed by atoms with van der Waals surface area (Å²) in [4.78, 5) is 16.3. The molecule has 0 amide bonds. The highest BCUT2D eigenvalue weighted by Gasteiger charge is 2.23. The van der Waals surface area contributed by atoms with E-state index in [0.717, 1.165) is 32.7 Å². The van der Waals surface area contributed by atoms with Crippen molar-refractivity contribution < 1.29 is 41.0 Å². The van der Waals surface area contributed by atoms with Gasteiger partial charge >= 0.3 is 5.97 Å². The van der Waals surface area contributed by atoms with E-state index in [1.54, 1.807) is 12.1 Å². The molecule has 1 aliphatic rings. The lowest BCUT2D eigenvalue weighted by molar-refractivity contribution is -0.907. The lowest BCUT2D eigenvalue weighted by atomic mass is 10.2. The maximum Gasteiger partial charge on any atom is 0.338 e. The topological polar surface area (TPSA) is 61.7 Å². The van der Waals surface area contributed by atoms with Gasteiger partial charge < -0.3 is 36.3 Å². The van der Waals surface area contributed by atoms with Crippen molar-refractivity contribution in [2.45, 2.75) is 13.0 Å². The zero-order valence-electron chi connectivity index (χ0n) is 16.1. The average molecular weight is 389 g/mol. The minimum absolute atomic E-state index is 0. The molecule has 1 aliphatic heterocycles. The molecule has 0 saturated carbocycles. The van der Waals surface area contributed by atoms with Crippen LogP contribution in [-0.4, -0.2) is 78.1 Å². The first-order valence-electron chi connectivity index (χ1n) is 8.51. The quantitative estimate of drug-likeness (QED) is 0.505.